The summed E-state index contributed by atoms with van der Waals surface area (Å²) in [5.74, 6) is -1.67. The molecule has 0 aliphatic heterocycles. The number of amides is 2. The minimum atomic E-state index is -1.23. The smallest absolute Gasteiger partial charge is 0.326 e. The zero-order valence-electron chi connectivity index (χ0n) is 11.9. The highest BCUT2D eigenvalue weighted by molar-refractivity contribution is 5.82. The monoisotopic (exact) mass is 298 g/mol. The van der Waals surface area contributed by atoms with Crippen LogP contribution in [-0.4, -0.2) is 46.8 Å². The van der Waals surface area contributed by atoms with Crippen molar-refractivity contribution in [1.29, 1.82) is 0 Å². The van der Waals surface area contributed by atoms with Crippen LogP contribution in [-0.2, 0) is 4.79 Å². The van der Waals surface area contributed by atoms with E-state index in [-0.39, 0.29) is 13.0 Å². The minimum Gasteiger partial charge on any atom is -0.480 e. The van der Waals surface area contributed by atoms with Crippen LogP contribution in [0.25, 0.3) is 0 Å². The van der Waals surface area contributed by atoms with E-state index in [9.17, 15) is 14.0 Å². The van der Waals surface area contributed by atoms with Gasteiger partial charge in [0.25, 0.3) is 0 Å². The maximum absolute atomic E-state index is 13.7. The summed E-state index contributed by atoms with van der Waals surface area (Å²) in [6.07, 6.45) is -0.0943. The van der Waals surface area contributed by atoms with Gasteiger partial charge in [-0.05, 0) is 13.0 Å². The number of halogens is 1. The highest BCUT2D eigenvalue weighted by Gasteiger charge is 2.24. The third-order valence-electron chi connectivity index (χ3n) is 3.27. The van der Waals surface area contributed by atoms with E-state index in [4.69, 9.17) is 10.2 Å². The molecule has 0 saturated heterocycles. The molecule has 0 heterocycles. The Morgan fingerprint density at radius 1 is 1.38 bits per heavy atom. The van der Waals surface area contributed by atoms with E-state index >= 15 is 0 Å². The molecule has 1 rings (SSSR count). The van der Waals surface area contributed by atoms with Crippen molar-refractivity contribution in [3.05, 3.63) is 35.6 Å². The molecule has 0 saturated carbocycles. The lowest BCUT2D eigenvalue weighted by Crippen LogP contribution is -2.47. The Morgan fingerprint density at radius 3 is 2.52 bits per heavy atom. The van der Waals surface area contributed by atoms with Crippen molar-refractivity contribution < 1.29 is 24.2 Å². The molecule has 7 heteroatoms. The lowest BCUT2D eigenvalue weighted by molar-refractivity contribution is -0.139. The predicted molar refractivity (Wildman–Crippen MR) is 74.2 cm³/mol. The molecule has 2 unspecified atom stereocenters. The molecule has 0 aliphatic carbocycles. The van der Waals surface area contributed by atoms with Crippen LogP contribution in [0.4, 0.5) is 9.18 Å². The molecule has 0 fully saturated rings. The Kier molecular flexibility index (Phi) is 6.10. The predicted octanol–water partition coefficient (Wildman–Crippen LogP) is 1.36. The summed E-state index contributed by atoms with van der Waals surface area (Å²) in [7, 11) is 1.45. The second kappa shape index (κ2) is 7.58. The number of nitrogens with zero attached hydrogens (tertiary/aromatic N) is 1. The molecular weight excluding hydrogens is 279 g/mol. The van der Waals surface area contributed by atoms with Crippen LogP contribution in [0.15, 0.2) is 24.3 Å². The Bertz CT molecular complexity index is 510. The van der Waals surface area contributed by atoms with Gasteiger partial charge in [-0.2, -0.15) is 0 Å². The summed E-state index contributed by atoms with van der Waals surface area (Å²) in [6, 6.07) is 3.68. The standard InChI is InChI=1S/C14H19FN2O4/c1-9(10-5-3-4-6-11(10)15)17(2)14(21)16-12(7-8-18)13(19)20/h3-6,9,12,18H,7-8H2,1-2H3,(H,16,21)(H,19,20). The van der Waals surface area contributed by atoms with Crippen LogP contribution in [0.1, 0.15) is 24.9 Å². The third-order valence-corrected chi connectivity index (χ3v) is 3.27. The molecule has 1 aromatic rings. The molecule has 1 aromatic carbocycles. The van der Waals surface area contributed by atoms with Crippen molar-refractivity contribution in [3.63, 3.8) is 0 Å². The molecule has 116 valence electrons. The topological polar surface area (TPSA) is 89.9 Å². The van der Waals surface area contributed by atoms with Gasteiger partial charge in [-0.15, -0.1) is 0 Å². The van der Waals surface area contributed by atoms with Gasteiger partial charge in [0, 0.05) is 25.6 Å². The number of aliphatic hydroxyl groups is 1. The van der Waals surface area contributed by atoms with Gasteiger partial charge in [0.05, 0.1) is 6.04 Å². The summed E-state index contributed by atoms with van der Waals surface area (Å²) in [5, 5.41) is 20.0. The first kappa shape index (κ1) is 16.9. The number of hydrogen-bond acceptors (Lipinski definition) is 3. The van der Waals surface area contributed by atoms with Crippen LogP contribution in [0.5, 0.6) is 0 Å². The number of nitrogens with one attached hydrogen (secondary N) is 1. The fraction of sp³-hybridized carbons (Fsp3) is 0.429. The van der Waals surface area contributed by atoms with E-state index in [2.05, 4.69) is 5.32 Å². The van der Waals surface area contributed by atoms with Gasteiger partial charge in [-0.1, -0.05) is 18.2 Å². The summed E-state index contributed by atoms with van der Waals surface area (Å²) in [5.41, 5.74) is 0.337. The second-order valence-electron chi connectivity index (χ2n) is 4.66. The first-order valence-electron chi connectivity index (χ1n) is 6.50. The molecule has 21 heavy (non-hydrogen) atoms. The normalized spacial score (nSPS) is 13.3. The molecule has 0 aliphatic rings. The number of carboxylic acid groups (broad SMARTS) is 1. The molecule has 6 nitrogen and oxygen atoms in total. The highest BCUT2D eigenvalue weighted by Crippen LogP contribution is 2.21. The Balaban J connectivity index is 2.78. The molecule has 2 amide bonds. The molecule has 0 spiro atoms. The van der Waals surface area contributed by atoms with Crippen molar-refractivity contribution in [3.8, 4) is 0 Å². The van der Waals surface area contributed by atoms with Crippen LogP contribution in [0.2, 0.25) is 0 Å². The van der Waals surface area contributed by atoms with E-state index in [1.54, 1.807) is 25.1 Å². The van der Waals surface area contributed by atoms with Crippen LogP contribution in [0.3, 0.4) is 0 Å². The quantitative estimate of drug-likeness (QED) is 0.740. The zero-order valence-corrected chi connectivity index (χ0v) is 11.9. The molecular formula is C14H19FN2O4. The molecule has 3 N–H and O–H groups in total. The molecule has 0 radical (unpaired) electrons. The Hall–Kier alpha value is -2.15. The number of carbonyl (C=O) groups is 2. The van der Waals surface area contributed by atoms with E-state index in [0.717, 1.165) is 0 Å². The maximum atomic E-state index is 13.7. The van der Waals surface area contributed by atoms with Gasteiger partial charge < -0.3 is 20.4 Å². The minimum absolute atomic E-state index is 0.0943. The second-order valence-corrected chi connectivity index (χ2v) is 4.66. The lowest BCUT2D eigenvalue weighted by atomic mass is 10.1. The fourth-order valence-corrected chi connectivity index (χ4v) is 1.84. The first-order valence-corrected chi connectivity index (χ1v) is 6.50. The summed E-state index contributed by atoms with van der Waals surface area (Å²) in [6.45, 7) is 1.28. The van der Waals surface area contributed by atoms with Gasteiger partial charge in [0.15, 0.2) is 0 Å². The fourth-order valence-electron chi connectivity index (χ4n) is 1.84. The van der Waals surface area contributed by atoms with Gasteiger partial charge in [-0.25, -0.2) is 14.0 Å². The van der Waals surface area contributed by atoms with Crippen molar-refractivity contribution in [2.45, 2.75) is 25.4 Å². The van der Waals surface area contributed by atoms with Crippen molar-refractivity contribution in [1.82, 2.24) is 10.2 Å². The van der Waals surface area contributed by atoms with Gasteiger partial charge in [0.1, 0.15) is 11.9 Å². The average molecular weight is 298 g/mol. The molecule has 0 bridgehead atoms. The number of carboxylic acids is 1. The maximum Gasteiger partial charge on any atom is 0.326 e. The lowest BCUT2D eigenvalue weighted by Gasteiger charge is -2.27. The van der Waals surface area contributed by atoms with Crippen molar-refractivity contribution in [2.75, 3.05) is 13.7 Å². The Morgan fingerprint density at radius 2 is 2.00 bits per heavy atom. The van der Waals surface area contributed by atoms with Crippen LogP contribution in [0, 0.1) is 5.82 Å². The number of benzene rings is 1. The van der Waals surface area contributed by atoms with Crippen LogP contribution >= 0.6 is 0 Å². The van der Waals surface area contributed by atoms with E-state index in [1.807, 2.05) is 0 Å². The number of carbonyl (C=O) groups excluding carboxylic acids is 1. The number of aliphatic carboxylic acids is 1. The number of hydrogen-bond donors (Lipinski definition) is 3. The SMILES string of the molecule is CC(c1ccccc1F)N(C)C(=O)NC(CCO)C(=O)O. The number of aliphatic hydroxyl groups excluding tert-OH is 1. The van der Waals surface area contributed by atoms with Gasteiger partial charge >= 0.3 is 12.0 Å². The first-order chi connectivity index (χ1) is 9.88. The number of rotatable bonds is 6. The van der Waals surface area contributed by atoms with E-state index in [1.165, 1.54) is 18.0 Å². The largest absolute Gasteiger partial charge is 0.480 e. The highest BCUT2D eigenvalue weighted by atomic mass is 19.1. The zero-order chi connectivity index (χ0) is 16.0. The third kappa shape index (κ3) is 4.42. The van der Waals surface area contributed by atoms with Gasteiger partial charge in [-0.3, -0.25) is 0 Å². The van der Waals surface area contributed by atoms with E-state index < -0.39 is 29.9 Å². The van der Waals surface area contributed by atoms with Crippen molar-refractivity contribution in [2.24, 2.45) is 0 Å². The summed E-state index contributed by atoms with van der Waals surface area (Å²) >= 11 is 0. The average Bonchev–Trinajstić information content (AvgIpc) is 2.45. The Labute approximate surface area is 122 Å². The number of urea groups is 1. The van der Waals surface area contributed by atoms with Crippen LogP contribution < -0.4 is 5.32 Å². The van der Waals surface area contributed by atoms with Crippen molar-refractivity contribution >= 4 is 12.0 Å². The molecule has 0 aromatic heterocycles. The van der Waals surface area contributed by atoms with E-state index in [0.29, 0.717) is 5.56 Å². The molecule has 2 atom stereocenters. The summed E-state index contributed by atoms with van der Waals surface area (Å²) < 4.78 is 13.7. The van der Waals surface area contributed by atoms with Gasteiger partial charge in [0.2, 0.25) is 0 Å². The summed E-state index contributed by atoms with van der Waals surface area (Å²) in [4.78, 5) is 24.2.